The number of carboxylic acids is 1. The zero-order chi connectivity index (χ0) is 15.6. The Morgan fingerprint density at radius 2 is 2.14 bits per heavy atom. The summed E-state index contributed by atoms with van der Waals surface area (Å²) in [5.74, 6) is 1.02. The number of aromatic nitrogens is 2. The Morgan fingerprint density at radius 3 is 2.71 bits per heavy atom. The van der Waals surface area contributed by atoms with Crippen molar-refractivity contribution < 1.29 is 14.4 Å². The van der Waals surface area contributed by atoms with E-state index >= 15 is 0 Å². The fourth-order valence-corrected chi connectivity index (χ4v) is 3.46. The van der Waals surface area contributed by atoms with Crippen LogP contribution in [0.5, 0.6) is 0 Å². The van der Waals surface area contributed by atoms with Gasteiger partial charge in [0.2, 0.25) is 5.89 Å². The van der Waals surface area contributed by atoms with Crippen LogP contribution in [0, 0.1) is 11.8 Å². The molecular weight excluding hydrogens is 288 g/mol. The van der Waals surface area contributed by atoms with Crippen LogP contribution in [0.1, 0.15) is 64.6 Å². The number of carboxylic acid groups (broad SMARTS) is 1. The molecule has 6 heteroatoms. The summed E-state index contributed by atoms with van der Waals surface area (Å²) >= 11 is 1.75. The highest BCUT2D eigenvalue weighted by Crippen LogP contribution is 2.44. The Hall–Kier alpha value is -1.04. The van der Waals surface area contributed by atoms with E-state index in [-0.39, 0.29) is 10.7 Å². The second-order valence-electron chi connectivity index (χ2n) is 6.75. The maximum absolute atomic E-state index is 11.4. The minimum absolute atomic E-state index is 0.131. The van der Waals surface area contributed by atoms with Crippen LogP contribution >= 0.6 is 11.8 Å². The van der Waals surface area contributed by atoms with Gasteiger partial charge in [0.05, 0.1) is 17.6 Å². The van der Waals surface area contributed by atoms with Gasteiger partial charge in [-0.25, -0.2) is 0 Å². The molecule has 0 amide bonds. The number of carbonyl (C=O) groups is 1. The Bertz CT molecular complexity index is 495. The van der Waals surface area contributed by atoms with Crippen molar-refractivity contribution >= 4 is 17.7 Å². The molecule has 1 fully saturated rings. The molecule has 0 aromatic carbocycles. The smallest absolute Gasteiger partial charge is 0.307 e. The molecule has 1 saturated carbocycles. The van der Waals surface area contributed by atoms with Gasteiger partial charge in [0.25, 0.3) is 0 Å². The predicted octanol–water partition coefficient (Wildman–Crippen LogP) is 3.71. The van der Waals surface area contributed by atoms with E-state index in [0.717, 1.165) is 12.8 Å². The highest BCUT2D eigenvalue weighted by molar-refractivity contribution is 7.99. The molecule has 3 atom stereocenters. The van der Waals surface area contributed by atoms with Crippen molar-refractivity contribution in [2.24, 2.45) is 11.8 Å². The molecule has 1 aromatic heterocycles. The number of thioether (sulfide) groups is 1. The fraction of sp³-hybridized carbons (Fsp3) is 0.800. The van der Waals surface area contributed by atoms with Gasteiger partial charge in [0.1, 0.15) is 0 Å². The van der Waals surface area contributed by atoms with Gasteiger partial charge in [-0.1, -0.05) is 39.3 Å². The maximum Gasteiger partial charge on any atom is 0.307 e. The summed E-state index contributed by atoms with van der Waals surface area (Å²) in [6, 6.07) is 0. The Kier molecular flexibility index (Phi) is 4.96. The number of rotatable bonds is 5. The largest absolute Gasteiger partial charge is 0.481 e. The molecular formula is C15H24N2O3S. The molecule has 2 rings (SSSR count). The van der Waals surface area contributed by atoms with E-state index in [4.69, 9.17) is 4.52 Å². The van der Waals surface area contributed by atoms with Crippen molar-refractivity contribution in [3.05, 3.63) is 11.7 Å². The van der Waals surface area contributed by atoms with Gasteiger partial charge < -0.3 is 9.63 Å². The monoisotopic (exact) mass is 312 g/mol. The molecule has 5 nitrogen and oxygen atoms in total. The van der Waals surface area contributed by atoms with Gasteiger partial charge in [-0.15, -0.1) is 11.8 Å². The molecule has 0 bridgehead atoms. The summed E-state index contributed by atoms with van der Waals surface area (Å²) in [4.78, 5) is 15.9. The summed E-state index contributed by atoms with van der Waals surface area (Å²) in [5.41, 5.74) is 0. The quantitative estimate of drug-likeness (QED) is 0.893. The van der Waals surface area contributed by atoms with Crippen molar-refractivity contribution in [1.82, 2.24) is 10.1 Å². The molecule has 1 heterocycles. The summed E-state index contributed by atoms with van der Waals surface area (Å²) < 4.78 is 5.49. The van der Waals surface area contributed by atoms with Crippen molar-refractivity contribution in [3.8, 4) is 0 Å². The van der Waals surface area contributed by atoms with Gasteiger partial charge in [0, 0.05) is 4.75 Å². The maximum atomic E-state index is 11.4. The van der Waals surface area contributed by atoms with E-state index in [9.17, 15) is 9.90 Å². The first kappa shape index (κ1) is 16.3. The number of aliphatic carboxylic acids is 1. The lowest BCUT2D eigenvalue weighted by atomic mass is 9.96. The average molecular weight is 312 g/mol. The van der Waals surface area contributed by atoms with Crippen LogP contribution in [0.4, 0.5) is 0 Å². The Morgan fingerprint density at radius 1 is 1.43 bits per heavy atom. The third kappa shape index (κ3) is 4.22. The van der Waals surface area contributed by atoms with Gasteiger partial charge in [-0.2, -0.15) is 4.98 Å². The first-order chi connectivity index (χ1) is 9.80. The second-order valence-corrected chi connectivity index (χ2v) is 8.55. The summed E-state index contributed by atoms with van der Waals surface area (Å²) in [5, 5.41) is 13.4. The number of nitrogens with zero attached hydrogens (tertiary/aromatic N) is 2. The molecule has 21 heavy (non-hydrogen) atoms. The zero-order valence-corrected chi connectivity index (χ0v) is 13.9. The van der Waals surface area contributed by atoms with Crippen LogP contribution in [0.25, 0.3) is 0 Å². The van der Waals surface area contributed by atoms with Gasteiger partial charge >= 0.3 is 5.97 Å². The van der Waals surface area contributed by atoms with E-state index in [2.05, 4.69) is 37.8 Å². The minimum atomic E-state index is -0.750. The lowest BCUT2D eigenvalue weighted by Gasteiger charge is -2.15. The summed E-state index contributed by atoms with van der Waals surface area (Å²) in [6.45, 7) is 8.52. The van der Waals surface area contributed by atoms with Gasteiger partial charge in [-0.3, -0.25) is 4.79 Å². The highest BCUT2D eigenvalue weighted by Gasteiger charge is 2.41. The first-order valence-corrected chi connectivity index (χ1v) is 8.48. The minimum Gasteiger partial charge on any atom is -0.481 e. The molecule has 3 unspecified atom stereocenters. The van der Waals surface area contributed by atoms with Gasteiger partial charge in [0.15, 0.2) is 5.82 Å². The van der Waals surface area contributed by atoms with Crippen LogP contribution in [0.15, 0.2) is 4.52 Å². The number of hydrogen-bond donors (Lipinski definition) is 1. The van der Waals surface area contributed by atoms with E-state index in [1.165, 1.54) is 0 Å². The Balaban J connectivity index is 2.07. The Labute approximate surface area is 129 Å². The second kappa shape index (κ2) is 6.38. The molecule has 0 saturated heterocycles. The topological polar surface area (TPSA) is 76.2 Å². The number of hydrogen-bond acceptors (Lipinski definition) is 5. The van der Waals surface area contributed by atoms with Crippen molar-refractivity contribution in [3.63, 3.8) is 0 Å². The normalized spacial score (nSPS) is 26.2. The first-order valence-electron chi connectivity index (χ1n) is 7.49. The molecule has 0 aliphatic heterocycles. The molecule has 1 aromatic rings. The van der Waals surface area contributed by atoms with E-state index < -0.39 is 11.9 Å². The average Bonchev–Trinajstić information content (AvgIpc) is 3.01. The third-order valence-corrected chi connectivity index (χ3v) is 5.26. The predicted molar refractivity (Wildman–Crippen MR) is 82.2 cm³/mol. The molecule has 1 N–H and O–H groups in total. The summed E-state index contributed by atoms with van der Waals surface area (Å²) in [6.07, 6.45) is 2.55. The van der Waals surface area contributed by atoms with Crippen molar-refractivity contribution in [2.45, 2.75) is 63.4 Å². The SMILES string of the molecule is CCC1CC(C(=O)O)C(c2nc(CSC(C)(C)C)no2)C1. The summed E-state index contributed by atoms with van der Waals surface area (Å²) in [7, 11) is 0. The van der Waals surface area contributed by atoms with Crippen LogP contribution in [0.2, 0.25) is 0 Å². The van der Waals surface area contributed by atoms with Crippen LogP contribution in [-0.2, 0) is 10.5 Å². The van der Waals surface area contributed by atoms with Crippen LogP contribution in [0.3, 0.4) is 0 Å². The molecule has 0 radical (unpaired) electrons. The fourth-order valence-electron chi connectivity index (χ4n) is 2.78. The van der Waals surface area contributed by atoms with Gasteiger partial charge in [-0.05, 0) is 18.8 Å². The van der Waals surface area contributed by atoms with Crippen molar-refractivity contribution in [2.75, 3.05) is 0 Å². The highest BCUT2D eigenvalue weighted by atomic mass is 32.2. The molecule has 0 spiro atoms. The molecule has 1 aliphatic rings. The lowest BCUT2D eigenvalue weighted by Crippen LogP contribution is -2.17. The van der Waals surface area contributed by atoms with E-state index in [1.807, 2.05) is 0 Å². The van der Waals surface area contributed by atoms with E-state index in [1.54, 1.807) is 11.8 Å². The standard InChI is InChI=1S/C15H24N2O3S/c1-5-9-6-10(11(7-9)14(18)19)13-16-12(17-20-13)8-21-15(2,3)4/h9-11H,5-8H2,1-4H3,(H,18,19). The zero-order valence-electron chi connectivity index (χ0n) is 13.1. The van der Waals surface area contributed by atoms with Crippen molar-refractivity contribution in [1.29, 1.82) is 0 Å². The van der Waals surface area contributed by atoms with E-state index in [0.29, 0.717) is 29.8 Å². The molecule has 1 aliphatic carbocycles. The third-order valence-electron chi connectivity index (χ3n) is 3.99. The van der Waals surface area contributed by atoms with Crippen LogP contribution in [-0.4, -0.2) is 26.0 Å². The lowest BCUT2D eigenvalue weighted by molar-refractivity contribution is -0.142. The van der Waals surface area contributed by atoms with Crippen LogP contribution < -0.4 is 0 Å². The molecule has 118 valence electrons.